The number of amides is 1. The first-order valence-electron chi connectivity index (χ1n) is 8.82. The van der Waals surface area contributed by atoms with E-state index in [-0.39, 0.29) is 11.7 Å². The normalized spacial score (nSPS) is 18.7. The first-order valence-corrected chi connectivity index (χ1v) is 8.82. The SMILES string of the molecule is O=C(Nc1cnc(N2CCCCC2)nc1)C1(c2ccc(F)cc2)CC1. The fourth-order valence-electron chi connectivity index (χ4n) is 3.43. The van der Waals surface area contributed by atoms with E-state index in [1.54, 1.807) is 24.5 Å². The number of anilines is 2. The molecule has 2 aliphatic rings. The third-order valence-corrected chi connectivity index (χ3v) is 5.12. The summed E-state index contributed by atoms with van der Waals surface area (Å²) in [5.41, 5.74) is 0.913. The van der Waals surface area contributed by atoms with Gasteiger partial charge in [0.05, 0.1) is 23.5 Å². The van der Waals surface area contributed by atoms with E-state index in [1.165, 1.54) is 31.4 Å². The summed E-state index contributed by atoms with van der Waals surface area (Å²) in [4.78, 5) is 23.7. The molecule has 1 aromatic heterocycles. The van der Waals surface area contributed by atoms with Gasteiger partial charge >= 0.3 is 0 Å². The molecule has 1 aliphatic heterocycles. The molecule has 130 valence electrons. The lowest BCUT2D eigenvalue weighted by molar-refractivity contribution is -0.118. The predicted octanol–water partition coefficient (Wildman–Crippen LogP) is 3.28. The van der Waals surface area contributed by atoms with E-state index >= 15 is 0 Å². The average molecular weight is 340 g/mol. The standard InChI is InChI=1S/C19H21FN4O/c20-15-6-4-14(5-7-15)19(8-9-19)17(25)23-16-12-21-18(22-13-16)24-10-2-1-3-11-24/h4-7,12-13H,1-3,8-11H2,(H,23,25). The van der Waals surface area contributed by atoms with Crippen molar-refractivity contribution in [3.8, 4) is 0 Å². The van der Waals surface area contributed by atoms with Gasteiger partial charge in [0.15, 0.2) is 0 Å². The van der Waals surface area contributed by atoms with Gasteiger partial charge in [0, 0.05) is 13.1 Å². The van der Waals surface area contributed by atoms with Crippen molar-refractivity contribution in [2.24, 2.45) is 0 Å². The second-order valence-electron chi connectivity index (χ2n) is 6.86. The Labute approximate surface area is 146 Å². The Kier molecular flexibility index (Phi) is 4.11. The van der Waals surface area contributed by atoms with Crippen LogP contribution in [-0.2, 0) is 10.2 Å². The maximum Gasteiger partial charge on any atom is 0.235 e. The Morgan fingerprint density at radius 1 is 1.04 bits per heavy atom. The Balaban J connectivity index is 1.44. The lowest BCUT2D eigenvalue weighted by Crippen LogP contribution is -2.31. The molecule has 0 spiro atoms. The molecule has 0 bridgehead atoms. The first-order chi connectivity index (χ1) is 12.2. The predicted molar refractivity (Wildman–Crippen MR) is 94.0 cm³/mol. The molecule has 0 atom stereocenters. The molecule has 0 radical (unpaired) electrons. The Hall–Kier alpha value is -2.50. The lowest BCUT2D eigenvalue weighted by Gasteiger charge is -2.26. The smallest absolute Gasteiger partial charge is 0.235 e. The van der Waals surface area contributed by atoms with E-state index in [1.807, 2.05) is 0 Å². The zero-order valence-corrected chi connectivity index (χ0v) is 14.0. The largest absolute Gasteiger partial charge is 0.341 e. The van der Waals surface area contributed by atoms with E-state index in [0.29, 0.717) is 5.69 Å². The van der Waals surface area contributed by atoms with Gasteiger partial charge in [0.1, 0.15) is 5.82 Å². The van der Waals surface area contributed by atoms with Crippen LogP contribution >= 0.6 is 0 Å². The van der Waals surface area contributed by atoms with Crippen molar-refractivity contribution >= 4 is 17.5 Å². The van der Waals surface area contributed by atoms with Crippen molar-refractivity contribution in [3.63, 3.8) is 0 Å². The van der Waals surface area contributed by atoms with E-state index < -0.39 is 5.41 Å². The van der Waals surface area contributed by atoms with Gasteiger partial charge in [-0.2, -0.15) is 0 Å². The van der Waals surface area contributed by atoms with Gasteiger partial charge in [-0.3, -0.25) is 4.79 Å². The van der Waals surface area contributed by atoms with Gasteiger partial charge in [-0.25, -0.2) is 14.4 Å². The summed E-state index contributed by atoms with van der Waals surface area (Å²) in [5.74, 6) is 0.354. The zero-order chi connectivity index (χ0) is 17.3. The number of carbonyl (C=O) groups is 1. The number of nitrogens with one attached hydrogen (secondary N) is 1. The molecule has 1 saturated carbocycles. The van der Waals surface area contributed by atoms with E-state index in [0.717, 1.165) is 37.4 Å². The molecule has 5 nitrogen and oxygen atoms in total. The Morgan fingerprint density at radius 2 is 1.68 bits per heavy atom. The van der Waals surface area contributed by atoms with Crippen molar-refractivity contribution in [1.29, 1.82) is 0 Å². The monoisotopic (exact) mass is 340 g/mol. The minimum atomic E-state index is -0.542. The lowest BCUT2D eigenvalue weighted by atomic mass is 9.95. The fraction of sp³-hybridized carbons (Fsp3) is 0.421. The molecule has 2 fully saturated rings. The van der Waals surface area contributed by atoms with Crippen molar-refractivity contribution < 1.29 is 9.18 Å². The summed E-state index contributed by atoms with van der Waals surface area (Å²) in [6, 6.07) is 6.19. The number of nitrogens with zero attached hydrogens (tertiary/aromatic N) is 3. The molecule has 1 aliphatic carbocycles. The number of hydrogen-bond donors (Lipinski definition) is 1. The van der Waals surface area contributed by atoms with Crippen LogP contribution in [0.4, 0.5) is 16.0 Å². The minimum Gasteiger partial charge on any atom is -0.341 e. The summed E-state index contributed by atoms with van der Waals surface area (Å²) in [7, 11) is 0. The van der Waals surface area contributed by atoms with Crippen LogP contribution in [0.15, 0.2) is 36.7 Å². The first kappa shape index (κ1) is 16.0. The molecule has 1 aromatic carbocycles. The second kappa shape index (κ2) is 6.43. The Bertz CT molecular complexity index is 750. The summed E-state index contributed by atoms with van der Waals surface area (Å²) < 4.78 is 13.1. The van der Waals surface area contributed by atoms with Crippen LogP contribution in [0, 0.1) is 5.82 Å². The van der Waals surface area contributed by atoms with E-state index in [9.17, 15) is 9.18 Å². The van der Waals surface area contributed by atoms with E-state index in [4.69, 9.17) is 0 Å². The summed E-state index contributed by atoms with van der Waals surface area (Å²) in [5, 5.41) is 2.91. The third kappa shape index (κ3) is 3.21. The summed E-state index contributed by atoms with van der Waals surface area (Å²) >= 11 is 0. The number of rotatable bonds is 4. The number of benzene rings is 1. The van der Waals surface area contributed by atoms with Gasteiger partial charge in [-0.05, 0) is 49.8 Å². The molecular weight excluding hydrogens is 319 g/mol. The highest BCUT2D eigenvalue weighted by atomic mass is 19.1. The molecule has 0 unspecified atom stereocenters. The van der Waals surface area contributed by atoms with Crippen molar-refractivity contribution in [1.82, 2.24) is 9.97 Å². The van der Waals surface area contributed by atoms with Crippen LogP contribution < -0.4 is 10.2 Å². The Morgan fingerprint density at radius 3 is 2.28 bits per heavy atom. The minimum absolute atomic E-state index is 0.0755. The molecule has 2 heterocycles. The molecule has 1 saturated heterocycles. The molecular formula is C19H21FN4O. The molecule has 25 heavy (non-hydrogen) atoms. The van der Waals surface area contributed by atoms with Crippen molar-refractivity contribution in [3.05, 3.63) is 48.0 Å². The maximum atomic E-state index is 13.1. The third-order valence-electron chi connectivity index (χ3n) is 5.12. The van der Waals surface area contributed by atoms with Gasteiger partial charge in [0.2, 0.25) is 11.9 Å². The van der Waals surface area contributed by atoms with Crippen LogP contribution in [0.5, 0.6) is 0 Å². The molecule has 1 amide bonds. The van der Waals surface area contributed by atoms with Gasteiger partial charge in [-0.15, -0.1) is 0 Å². The van der Waals surface area contributed by atoms with Crippen LogP contribution in [0.2, 0.25) is 0 Å². The highest BCUT2D eigenvalue weighted by Crippen LogP contribution is 2.49. The number of carbonyl (C=O) groups excluding carboxylic acids is 1. The molecule has 4 rings (SSSR count). The van der Waals surface area contributed by atoms with Crippen LogP contribution in [0.1, 0.15) is 37.7 Å². The fourth-order valence-corrected chi connectivity index (χ4v) is 3.43. The van der Waals surface area contributed by atoms with Crippen LogP contribution in [0.25, 0.3) is 0 Å². The molecule has 2 aromatic rings. The van der Waals surface area contributed by atoms with Crippen LogP contribution in [0.3, 0.4) is 0 Å². The van der Waals surface area contributed by atoms with Gasteiger partial charge < -0.3 is 10.2 Å². The average Bonchev–Trinajstić information content (AvgIpc) is 3.46. The highest BCUT2D eigenvalue weighted by molar-refractivity contribution is 6.01. The topological polar surface area (TPSA) is 58.1 Å². The van der Waals surface area contributed by atoms with Crippen molar-refractivity contribution in [2.75, 3.05) is 23.3 Å². The summed E-state index contributed by atoms with van der Waals surface area (Å²) in [6.45, 7) is 1.97. The molecule has 1 N–H and O–H groups in total. The number of hydrogen-bond acceptors (Lipinski definition) is 4. The second-order valence-corrected chi connectivity index (χ2v) is 6.86. The van der Waals surface area contributed by atoms with Gasteiger partial charge in [0.25, 0.3) is 0 Å². The van der Waals surface area contributed by atoms with Crippen molar-refractivity contribution in [2.45, 2.75) is 37.5 Å². The summed E-state index contributed by atoms with van der Waals surface area (Å²) in [6.07, 6.45) is 8.47. The molecule has 6 heteroatoms. The number of halogens is 1. The number of piperidine rings is 1. The quantitative estimate of drug-likeness (QED) is 0.928. The van der Waals surface area contributed by atoms with E-state index in [2.05, 4.69) is 20.2 Å². The zero-order valence-electron chi connectivity index (χ0n) is 14.0. The maximum absolute atomic E-state index is 13.1. The van der Waals surface area contributed by atoms with Crippen LogP contribution in [-0.4, -0.2) is 29.0 Å². The number of aromatic nitrogens is 2. The van der Waals surface area contributed by atoms with Gasteiger partial charge in [-0.1, -0.05) is 12.1 Å². The highest BCUT2D eigenvalue weighted by Gasteiger charge is 2.51.